The Morgan fingerprint density at radius 3 is 2.78 bits per heavy atom. The number of carbonyl (C=O) groups excluding carboxylic acids is 1. The molecule has 18 heavy (non-hydrogen) atoms. The third-order valence-electron chi connectivity index (χ3n) is 2.77. The Balaban J connectivity index is 1.95. The van der Waals surface area contributed by atoms with Crippen LogP contribution in [0.15, 0.2) is 55.0 Å². The van der Waals surface area contributed by atoms with E-state index in [9.17, 15) is 4.79 Å². The van der Waals surface area contributed by atoms with E-state index in [2.05, 4.69) is 15.3 Å². The first kappa shape index (κ1) is 10.5. The van der Waals surface area contributed by atoms with Crippen LogP contribution in [-0.4, -0.2) is 15.9 Å². The number of rotatable bonds is 2. The van der Waals surface area contributed by atoms with Crippen LogP contribution in [0.4, 0.5) is 5.69 Å². The first-order valence-electron chi connectivity index (χ1n) is 5.62. The van der Waals surface area contributed by atoms with Gasteiger partial charge in [-0.3, -0.25) is 9.78 Å². The fourth-order valence-corrected chi connectivity index (χ4v) is 1.91. The largest absolute Gasteiger partial charge is 0.361 e. The molecular weight excluding hydrogens is 226 g/mol. The summed E-state index contributed by atoms with van der Waals surface area (Å²) in [5.41, 5.74) is 2.22. The topological polar surface area (TPSA) is 57.8 Å². The number of nitrogens with one attached hydrogen (secondary N) is 2. The minimum Gasteiger partial charge on any atom is -0.361 e. The van der Waals surface area contributed by atoms with Gasteiger partial charge in [0.15, 0.2) is 0 Å². The minimum absolute atomic E-state index is 0.130. The Morgan fingerprint density at radius 1 is 1.11 bits per heavy atom. The first-order chi connectivity index (χ1) is 8.84. The van der Waals surface area contributed by atoms with Crippen molar-refractivity contribution in [2.45, 2.75) is 0 Å². The number of hydrogen-bond acceptors (Lipinski definition) is 2. The van der Waals surface area contributed by atoms with E-state index in [1.807, 2.05) is 24.4 Å². The normalized spacial score (nSPS) is 10.4. The number of aromatic amines is 1. The predicted octanol–water partition coefficient (Wildman–Crippen LogP) is 2.82. The molecule has 0 fully saturated rings. The number of benzene rings is 1. The van der Waals surface area contributed by atoms with Crippen molar-refractivity contribution < 1.29 is 4.79 Å². The molecule has 0 atom stereocenters. The number of nitrogens with zero attached hydrogens (tertiary/aromatic N) is 1. The summed E-state index contributed by atoms with van der Waals surface area (Å²) in [6, 6.07) is 11.1. The van der Waals surface area contributed by atoms with Crippen LogP contribution in [0.3, 0.4) is 0 Å². The van der Waals surface area contributed by atoms with Gasteiger partial charge in [0.2, 0.25) is 0 Å². The molecule has 0 saturated heterocycles. The maximum absolute atomic E-state index is 12.2. The lowest BCUT2D eigenvalue weighted by Crippen LogP contribution is -2.12. The average molecular weight is 237 g/mol. The van der Waals surface area contributed by atoms with Crippen LogP contribution in [0.1, 0.15) is 10.4 Å². The monoisotopic (exact) mass is 237 g/mol. The second kappa shape index (κ2) is 4.33. The summed E-state index contributed by atoms with van der Waals surface area (Å²) in [7, 11) is 0. The Bertz CT molecular complexity index is 688. The standard InChI is InChI=1S/C14H11N3O/c18-14(17-11-5-7-15-8-6-11)12-3-1-2-10-4-9-16-13(10)12/h1-9,16H,(H,15,17,18). The number of hydrogen-bond donors (Lipinski definition) is 2. The number of para-hydroxylation sites is 1. The minimum atomic E-state index is -0.130. The van der Waals surface area contributed by atoms with Gasteiger partial charge in [-0.05, 0) is 24.3 Å². The zero-order valence-electron chi connectivity index (χ0n) is 9.55. The van der Waals surface area contributed by atoms with Crippen LogP contribution in [0, 0.1) is 0 Å². The van der Waals surface area contributed by atoms with Gasteiger partial charge in [0.05, 0.1) is 11.1 Å². The number of carbonyl (C=O) groups is 1. The highest BCUT2D eigenvalue weighted by atomic mass is 16.1. The Morgan fingerprint density at radius 2 is 1.94 bits per heavy atom. The molecule has 2 heterocycles. The molecule has 3 aromatic rings. The van der Waals surface area contributed by atoms with Crippen LogP contribution >= 0.6 is 0 Å². The molecular formula is C14H11N3O. The predicted molar refractivity (Wildman–Crippen MR) is 70.5 cm³/mol. The molecule has 0 aliphatic rings. The van der Waals surface area contributed by atoms with Gasteiger partial charge in [0.25, 0.3) is 5.91 Å². The van der Waals surface area contributed by atoms with E-state index >= 15 is 0 Å². The first-order valence-corrected chi connectivity index (χ1v) is 5.62. The number of pyridine rings is 1. The molecule has 88 valence electrons. The Labute approximate surface area is 104 Å². The highest BCUT2D eigenvalue weighted by molar-refractivity contribution is 6.11. The van der Waals surface area contributed by atoms with Crippen molar-refractivity contribution in [1.82, 2.24) is 9.97 Å². The van der Waals surface area contributed by atoms with E-state index in [0.717, 1.165) is 16.6 Å². The molecule has 0 spiro atoms. The van der Waals surface area contributed by atoms with Crippen molar-refractivity contribution >= 4 is 22.5 Å². The Kier molecular flexibility index (Phi) is 2.53. The second-order valence-electron chi connectivity index (χ2n) is 3.94. The van der Waals surface area contributed by atoms with Gasteiger partial charge in [-0.2, -0.15) is 0 Å². The van der Waals surface area contributed by atoms with Crippen LogP contribution < -0.4 is 5.32 Å². The molecule has 2 aromatic heterocycles. The summed E-state index contributed by atoms with van der Waals surface area (Å²) in [4.78, 5) is 19.2. The lowest BCUT2D eigenvalue weighted by atomic mass is 10.1. The molecule has 4 heteroatoms. The van der Waals surface area contributed by atoms with E-state index in [4.69, 9.17) is 0 Å². The van der Waals surface area contributed by atoms with E-state index in [1.165, 1.54) is 0 Å². The van der Waals surface area contributed by atoms with Gasteiger partial charge in [-0.1, -0.05) is 12.1 Å². The zero-order chi connectivity index (χ0) is 12.4. The van der Waals surface area contributed by atoms with Crippen LogP contribution in [0.5, 0.6) is 0 Å². The average Bonchev–Trinajstić information content (AvgIpc) is 2.87. The highest BCUT2D eigenvalue weighted by Gasteiger charge is 2.10. The molecule has 0 bridgehead atoms. The summed E-state index contributed by atoms with van der Waals surface area (Å²) in [5, 5.41) is 3.87. The molecule has 0 unspecified atom stereocenters. The smallest absolute Gasteiger partial charge is 0.257 e. The molecule has 0 aliphatic heterocycles. The number of anilines is 1. The fraction of sp³-hybridized carbons (Fsp3) is 0. The number of fused-ring (bicyclic) bond motifs is 1. The SMILES string of the molecule is O=C(Nc1ccncc1)c1cccc2cc[nH]c12. The summed E-state index contributed by atoms with van der Waals surface area (Å²) in [6.45, 7) is 0. The third-order valence-corrected chi connectivity index (χ3v) is 2.77. The number of aromatic nitrogens is 2. The maximum Gasteiger partial charge on any atom is 0.257 e. The molecule has 0 aliphatic carbocycles. The van der Waals surface area contributed by atoms with Gasteiger partial charge in [-0.25, -0.2) is 0 Å². The van der Waals surface area contributed by atoms with Crippen molar-refractivity contribution in [3.63, 3.8) is 0 Å². The summed E-state index contributed by atoms with van der Waals surface area (Å²) < 4.78 is 0. The maximum atomic E-state index is 12.2. The van der Waals surface area contributed by atoms with Gasteiger partial charge in [0, 0.05) is 29.7 Å². The molecule has 0 radical (unpaired) electrons. The number of H-pyrrole nitrogens is 1. The van der Waals surface area contributed by atoms with Crippen LogP contribution in [-0.2, 0) is 0 Å². The molecule has 4 nitrogen and oxygen atoms in total. The van der Waals surface area contributed by atoms with Gasteiger partial charge in [0.1, 0.15) is 0 Å². The van der Waals surface area contributed by atoms with Crippen molar-refractivity contribution in [3.8, 4) is 0 Å². The third kappa shape index (κ3) is 1.84. The summed E-state index contributed by atoms with van der Waals surface area (Å²) in [6.07, 6.45) is 5.11. The zero-order valence-corrected chi connectivity index (χ0v) is 9.55. The summed E-state index contributed by atoms with van der Waals surface area (Å²) in [5.74, 6) is -0.130. The van der Waals surface area contributed by atoms with Crippen molar-refractivity contribution in [3.05, 3.63) is 60.6 Å². The number of amides is 1. The second-order valence-corrected chi connectivity index (χ2v) is 3.94. The Hall–Kier alpha value is -2.62. The van der Waals surface area contributed by atoms with E-state index in [0.29, 0.717) is 5.56 Å². The summed E-state index contributed by atoms with van der Waals surface area (Å²) >= 11 is 0. The highest BCUT2D eigenvalue weighted by Crippen LogP contribution is 2.18. The molecule has 1 amide bonds. The van der Waals surface area contributed by atoms with Crippen molar-refractivity contribution in [2.75, 3.05) is 5.32 Å². The van der Waals surface area contributed by atoms with Crippen molar-refractivity contribution in [2.24, 2.45) is 0 Å². The van der Waals surface area contributed by atoms with Crippen LogP contribution in [0.2, 0.25) is 0 Å². The molecule has 3 rings (SSSR count). The lowest BCUT2D eigenvalue weighted by Gasteiger charge is -2.05. The van der Waals surface area contributed by atoms with Crippen molar-refractivity contribution in [1.29, 1.82) is 0 Å². The fourth-order valence-electron chi connectivity index (χ4n) is 1.91. The van der Waals surface area contributed by atoms with E-state index in [1.54, 1.807) is 30.6 Å². The quantitative estimate of drug-likeness (QED) is 0.720. The van der Waals surface area contributed by atoms with Gasteiger partial charge < -0.3 is 10.3 Å². The van der Waals surface area contributed by atoms with E-state index in [-0.39, 0.29) is 5.91 Å². The molecule has 1 aromatic carbocycles. The van der Waals surface area contributed by atoms with E-state index < -0.39 is 0 Å². The lowest BCUT2D eigenvalue weighted by molar-refractivity contribution is 0.102. The van der Waals surface area contributed by atoms with Crippen LogP contribution in [0.25, 0.3) is 10.9 Å². The van der Waals surface area contributed by atoms with Gasteiger partial charge in [-0.15, -0.1) is 0 Å². The molecule has 2 N–H and O–H groups in total. The molecule has 0 saturated carbocycles. The van der Waals surface area contributed by atoms with Gasteiger partial charge >= 0.3 is 0 Å².